The van der Waals surface area contributed by atoms with Crippen LogP contribution in [-0.2, 0) is 22.4 Å². The van der Waals surface area contributed by atoms with Crippen LogP contribution in [0.25, 0.3) is 0 Å². The summed E-state index contributed by atoms with van der Waals surface area (Å²) in [5, 5.41) is 0. The van der Waals surface area contributed by atoms with Gasteiger partial charge in [-0.15, -0.1) is 0 Å². The molecule has 0 unspecified atom stereocenters. The molecule has 0 fully saturated rings. The summed E-state index contributed by atoms with van der Waals surface area (Å²) < 4.78 is 0. The molecule has 0 spiro atoms. The van der Waals surface area contributed by atoms with Gasteiger partial charge in [-0.2, -0.15) is 0 Å². The fourth-order valence-electron chi connectivity index (χ4n) is 0. The van der Waals surface area contributed by atoms with Crippen LogP contribution in [0.5, 0.6) is 0 Å². The van der Waals surface area contributed by atoms with Gasteiger partial charge >= 0.3 is 54.9 Å². The molecule has 0 amide bonds. The van der Waals surface area contributed by atoms with E-state index in [0.29, 0.717) is 0 Å². The summed E-state index contributed by atoms with van der Waals surface area (Å²) in [5.74, 6) is 0. The summed E-state index contributed by atoms with van der Waals surface area (Å²) in [6.45, 7) is 0. The van der Waals surface area contributed by atoms with Crippen LogP contribution in [-0.4, -0.2) is 54.9 Å². The van der Waals surface area contributed by atoms with Gasteiger partial charge in [0.1, 0.15) is 0 Å². The molecule has 33 valence electrons. The van der Waals surface area contributed by atoms with E-state index in [1.165, 1.54) is 19.1 Å². The van der Waals surface area contributed by atoms with E-state index in [2.05, 4.69) is 0 Å². The van der Waals surface area contributed by atoms with Gasteiger partial charge in [0.05, 0.1) is 0 Å². The number of hydrogen-bond donors (Lipinski definition) is 0. The van der Waals surface area contributed by atoms with E-state index < -0.39 is 0 Å². The van der Waals surface area contributed by atoms with Gasteiger partial charge < -0.3 is 0 Å². The average Bonchev–Trinajstić information content (AvgIpc) is 1.00. The van der Waals surface area contributed by atoms with Crippen LogP contribution in [0.15, 0.2) is 0 Å². The molecule has 0 saturated carbocycles. The zero-order valence-electron chi connectivity index (χ0n) is 1.33. The molecule has 0 bridgehead atoms. The van der Waals surface area contributed by atoms with Crippen molar-refractivity contribution in [2.24, 2.45) is 0 Å². The molecule has 0 saturated heterocycles. The predicted octanol–water partition coefficient (Wildman–Crippen LogP) is -3.02. The Morgan fingerprint density at radius 2 is 1.25 bits per heavy atom. The Morgan fingerprint density at radius 1 is 1.25 bits per heavy atom. The maximum absolute atomic E-state index is 1.88. The first kappa shape index (κ1) is 15.8. The molecule has 0 rings (SSSR count). The Kier molecular flexibility index (Phi) is 66.6. The molecule has 0 atom stereocenters. The molecule has 4 heteroatoms. The maximum atomic E-state index is 1.88. The van der Waals surface area contributed by atoms with Gasteiger partial charge in [-0.1, -0.05) is 0 Å². The van der Waals surface area contributed by atoms with Crippen LogP contribution in [0, 0.1) is 0 Å². The molecule has 0 N–H and O–H groups in total. The summed E-state index contributed by atoms with van der Waals surface area (Å²) in [7, 11) is 0. The van der Waals surface area contributed by atoms with Crippen molar-refractivity contribution >= 4 is 54.9 Å². The first-order valence-corrected chi connectivity index (χ1v) is 11.6. The molecule has 0 nitrogen and oxygen atoms in total. The van der Waals surface area contributed by atoms with Gasteiger partial charge in [0.2, 0.25) is 0 Å². The fraction of sp³-hybridized carbons (Fsp3) is 0. The summed E-state index contributed by atoms with van der Waals surface area (Å²) in [4.78, 5) is 0. The van der Waals surface area contributed by atoms with Crippen LogP contribution < -0.4 is 0 Å². The van der Waals surface area contributed by atoms with Crippen molar-refractivity contribution in [3.63, 3.8) is 0 Å². The van der Waals surface area contributed by atoms with Crippen LogP contribution >= 0.6 is 0 Å². The van der Waals surface area contributed by atoms with Gasteiger partial charge in [0.15, 0.2) is 0 Å². The molecule has 0 heterocycles. The van der Waals surface area contributed by atoms with E-state index >= 15 is 0 Å². The standard InChI is InChI=1S/Ag.GeH4.Sb.H2Te.2H/h;1H4;;1H2;;/q;;+1;;;/p-1. The third-order valence-electron chi connectivity index (χ3n) is 0. The molecule has 0 aliphatic heterocycles. The zero-order valence-corrected chi connectivity index (χ0v) is 8.66. The van der Waals surface area contributed by atoms with Crippen molar-refractivity contribution in [1.29, 1.82) is 0 Å². The minimum atomic E-state index is 0. The Bertz CT molecular complexity index is 8.00. The Hall–Kier alpha value is 2.89. The first-order chi connectivity index (χ1) is 1.00. The third kappa shape index (κ3) is 8.86. The second kappa shape index (κ2) is 16.9. The molecule has 0 aromatic rings. The van der Waals surface area contributed by atoms with E-state index in [4.69, 9.17) is 0 Å². The molecular weight excluding hydrogens is 430 g/mol. The third-order valence-corrected chi connectivity index (χ3v) is 0. The first-order valence-electron chi connectivity index (χ1n) is 0.258. The van der Waals surface area contributed by atoms with Crippen molar-refractivity contribution in [3.05, 3.63) is 0 Å². The van der Waals surface area contributed by atoms with Crippen molar-refractivity contribution < 1.29 is 22.4 Å². The SMILES string of the molecule is [Ag].[GeH4].[SbH2][TeH]. The molecule has 0 aliphatic carbocycles. The molecule has 1 radical (unpaired) electrons. The van der Waals surface area contributed by atoms with Gasteiger partial charge in [-0.3, -0.25) is 0 Å². The fourth-order valence-corrected chi connectivity index (χ4v) is 0. The van der Waals surface area contributed by atoms with Crippen molar-refractivity contribution in [2.75, 3.05) is 0 Å². The van der Waals surface area contributed by atoms with Gasteiger partial charge in [0, 0.05) is 22.4 Å². The summed E-state index contributed by atoms with van der Waals surface area (Å²) in [6, 6.07) is 0. The van der Waals surface area contributed by atoms with Crippen LogP contribution in [0.3, 0.4) is 0 Å². The van der Waals surface area contributed by atoms with E-state index in [1.807, 2.05) is 18.2 Å². The Balaban J connectivity index is -0.00000000500. The monoisotopic (exact) mass is 439 g/mol. The number of rotatable bonds is 0. The topological polar surface area (TPSA) is 0 Å². The second-order valence-electron chi connectivity index (χ2n) is 0. The van der Waals surface area contributed by atoms with Crippen molar-refractivity contribution in [1.82, 2.24) is 0 Å². The molecular formula is H7AgGeSbTe. The summed E-state index contributed by atoms with van der Waals surface area (Å²) >= 11 is 3.28. The molecule has 4 heavy (non-hydrogen) atoms. The minimum absolute atomic E-state index is 0. The second-order valence-corrected chi connectivity index (χ2v) is 0. The van der Waals surface area contributed by atoms with Crippen molar-refractivity contribution in [3.8, 4) is 0 Å². The van der Waals surface area contributed by atoms with Crippen molar-refractivity contribution in [2.45, 2.75) is 0 Å². The van der Waals surface area contributed by atoms with Gasteiger partial charge in [0.25, 0.3) is 0 Å². The molecule has 0 aromatic carbocycles. The average molecular weight is 437 g/mol. The van der Waals surface area contributed by atoms with E-state index in [0.717, 1.165) is 0 Å². The quantitative estimate of drug-likeness (QED) is 0.355. The van der Waals surface area contributed by atoms with Crippen LogP contribution in [0.1, 0.15) is 0 Å². The van der Waals surface area contributed by atoms with E-state index in [-0.39, 0.29) is 40.0 Å². The van der Waals surface area contributed by atoms with Crippen LogP contribution in [0.2, 0.25) is 0 Å². The normalized spacial score (nSPS) is 1.50. The molecule has 0 aliphatic rings. The number of hydrogen-bond acceptors (Lipinski definition) is 0. The Morgan fingerprint density at radius 3 is 1.25 bits per heavy atom. The summed E-state index contributed by atoms with van der Waals surface area (Å²) in [5.41, 5.74) is 0. The van der Waals surface area contributed by atoms with Gasteiger partial charge in [-0.05, 0) is 0 Å². The predicted molar refractivity (Wildman–Crippen MR) is 27.0 cm³/mol. The summed E-state index contributed by atoms with van der Waals surface area (Å²) in [6.07, 6.45) is 0. The molecule has 0 aromatic heterocycles. The van der Waals surface area contributed by atoms with E-state index in [1.54, 1.807) is 0 Å². The zero-order chi connectivity index (χ0) is 2.00. The van der Waals surface area contributed by atoms with Crippen LogP contribution in [0.4, 0.5) is 0 Å². The Labute approximate surface area is 75.7 Å². The van der Waals surface area contributed by atoms with Gasteiger partial charge in [-0.25, -0.2) is 0 Å². The van der Waals surface area contributed by atoms with E-state index in [9.17, 15) is 0 Å².